The maximum Gasteiger partial charge on any atom is 0.332 e. The van der Waals surface area contributed by atoms with E-state index in [2.05, 4.69) is 14.8 Å². The van der Waals surface area contributed by atoms with Gasteiger partial charge >= 0.3 is 11.4 Å². The highest BCUT2D eigenvalue weighted by molar-refractivity contribution is 6.31. The molecule has 10 rings (SSSR count). The molecule has 0 bridgehead atoms. The van der Waals surface area contributed by atoms with Gasteiger partial charge in [-0.25, -0.2) is 9.59 Å². The first-order chi connectivity index (χ1) is 31.5. The Labute approximate surface area is 383 Å². The number of ether oxygens (including phenoxy) is 2. The molecule has 14 nitrogen and oxygen atoms in total. The van der Waals surface area contributed by atoms with Gasteiger partial charge in [-0.3, -0.25) is 18.7 Å². The van der Waals surface area contributed by atoms with Gasteiger partial charge in [-0.1, -0.05) is 47.5 Å². The van der Waals surface area contributed by atoms with Gasteiger partial charge in [0.2, 0.25) is 0 Å². The van der Waals surface area contributed by atoms with Crippen molar-refractivity contribution in [1.82, 2.24) is 27.8 Å². The van der Waals surface area contributed by atoms with Crippen LogP contribution in [0.4, 0.5) is 11.4 Å². The lowest BCUT2D eigenvalue weighted by molar-refractivity contribution is 0.122. The third kappa shape index (κ3) is 8.46. The predicted molar refractivity (Wildman–Crippen MR) is 259 cm³/mol. The summed E-state index contributed by atoms with van der Waals surface area (Å²) in [5, 5.41) is 3.15. The summed E-state index contributed by atoms with van der Waals surface area (Å²) in [6.45, 7) is 10.4. The molecule has 6 heterocycles. The molecule has 0 spiro atoms. The van der Waals surface area contributed by atoms with Crippen LogP contribution in [0.25, 0.3) is 55.7 Å². The molecule has 2 fully saturated rings. The van der Waals surface area contributed by atoms with E-state index >= 15 is 0 Å². The van der Waals surface area contributed by atoms with Crippen molar-refractivity contribution in [2.45, 2.75) is 26.9 Å². The van der Waals surface area contributed by atoms with Gasteiger partial charge in [0.25, 0.3) is 11.1 Å². The molecule has 8 aromatic rings. The number of aromatic amines is 1. The zero-order chi connectivity index (χ0) is 45.4. The number of benzene rings is 4. The zero-order valence-electron chi connectivity index (χ0n) is 36.3. The summed E-state index contributed by atoms with van der Waals surface area (Å²) in [4.78, 5) is 58.7. The summed E-state index contributed by atoms with van der Waals surface area (Å²) in [6, 6.07) is 29.8. The van der Waals surface area contributed by atoms with Gasteiger partial charge in [0.1, 0.15) is 0 Å². The number of hydrogen-bond acceptors (Lipinski definition) is 8. The molecule has 0 unspecified atom stereocenters. The summed E-state index contributed by atoms with van der Waals surface area (Å²) < 4.78 is 19.4. The molecule has 2 aliphatic heterocycles. The first-order valence-electron chi connectivity index (χ1n) is 21.7. The van der Waals surface area contributed by atoms with Crippen LogP contribution in [0.2, 0.25) is 10.0 Å². The molecule has 1 N–H and O–H groups in total. The molecule has 16 heteroatoms. The van der Waals surface area contributed by atoms with Gasteiger partial charge in [0.15, 0.2) is 0 Å². The lowest BCUT2D eigenvalue weighted by atomic mass is 10.1. The second-order valence-corrected chi connectivity index (χ2v) is 16.8. The van der Waals surface area contributed by atoms with Crippen LogP contribution >= 0.6 is 23.2 Å². The molecular weight excluding hydrogens is 867 g/mol. The third-order valence-corrected chi connectivity index (χ3v) is 12.6. The molecule has 0 amide bonds. The van der Waals surface area contributed by atoms with Crippen LogP contribution < -0.4 is 32.3 Å². The van der Waals surface area contributed by atoms with Crippen molar-refractivity contribution in [1.29, 1.82) is 0 Å². The fourth-order valence-corrected chi connectivity index (χ4v) is 9.12. The topological polar surface area (TPSA) is 134 Å². The van der Waals surface area contributed by atoms with Gasteiger partial charge < -0.3 is 38.0 Å². The van der Waals surface area contributed by atoms with E-state index in [0.717, 1.165) is 93.2 Å². The van der Waals surface area contributed by atoms with Gasteiger partial charge in [0.05, 0.1) is 71.6 Å². The standard InChI is InChI=1S/C25H25ClN4O3.C24H23ClN4O3/c1-3-29-21-9-8-19(14-20(21)22(15-24(29)31)28-10-12-33-13-11-28)30-23(16-27(2)25(30)32)17-4-6-18(26)7-5-17;1-2-28-20-8-7-18(13-19(20)21(14-23(28)30)27-9-11-32-12-10-27)29-22(15-26-24(29)31)16-3-5-17(25)6-4-16/h4-9,14-16H,3,10-13H2,1-2H3;3-8,13-15H,2,9-12H2,1H3,(H,26,31). The molecule has 4 aromatic carbocycles. The van der Waals surface area contributed by atoms with Gasteiger partial charge in [-0.05, 0) is 74.5 Å². The molecule has 4 aromatic heterocycles. The Morgan fingerprint density at radius 1 is 0.569 bits per heavy atom. The molecule has 2 saturated heterocycles. The Morgan fingerprint density at radius 2 is 1.02 bits per heavy atom. The monoisotopic (exact) mass is 914 g/mol. The summed E-state index contributed by atoms with van der Waals surface area (Å²) >= 11 is 12.1. The summed E-state index contributed by atoms with van der Waals surface area (Å²) in [5.41, 5.74) is 7.77. The van der Waals surface area contributed by atoms with Crippen LogP contribution in [-0.4, -0.2) is 80.4 Å². The van der Waals surface area contributed by atoms with E-state index in [4.69, 9.17) is 32.7 Å². The summed E-state index contributed by atoms with van der Waals surface area (Å²) in [5.74, 6) is 0. The number of pyridine rings is 2. The van der Waals surface area contributed by atoms with E-state index in [1.807, 2.05) is 92.8 Å². The number of nitrogens with one attached hydrogen (secondary N) is 1. The third-order valence-electron chi connectivity index (χ3n) is 12.1. The number of imidazole rings is 2. The number of halogens is 2. The molecule has 65 heavy (non-hydrogen) atoms. The Bertz CT molecular complexity index is 3280. The lowest BCUT2D eigenvalue weighted by Crippen LogP contribution is -2.37. The van der Waals surface area contributed by atoms with Crippen LogP contribution in [-0.2, 0) is 29.6 Å². The second kappa shape index (κ2) is 18.5. The number of anilines is 2. The second-order valence-electron chi connectivity index (χ2n) is 15.9. The number of H-pyrrole nitrogens is 1. The van der Waals surface area contributed by atoms with E-state index < -0.39 is 0 Å². The van der Waals surface area contributed by atoms with Gasteiger partial charge in [-0.2, -0.15) is 0 Å². The van der Waals surface area contributed by atoms with Crippen LogP contribution in [0.1, 0.15) is 13.8 Å². The van der Waals surface area contributed by atoms with E-state index in [0.29, 0.717) is 49.6 Å². The Morgan fingerprint density at radius 3 is 1.48 bits per heavy atom. The van der Waals surface area contributed by atoms with Crippen molar-refractivity contribution >= 4 is 56.4 Å². The summed E-state index contributed by atoms with van der Waals surface area (Å²) in [7, 11) is 1.74. The van der Waals surface area contributed by atoms with Crippen molar-refractivity contribution in [3.63, 3.8) is 0 Å². The molecule has 2 aliphatic rings. The maximum absolute atomic E-state index is 13.1. The number of aromatic nitrogens is 6. The zero-order valence-corrected chi connectivity index (χ0v) is 37.8. The number of morpholine rings is 2. The SMILES string of the molecule is CCn1c(=O)cc(N2CCOCC2)c2cc(-n3c(-c4ccc(Cl)cc4)c[nH]c3=O)ccc21.CCn1c(=O)cc(N2CCOCC2)c2cc(-n3c(-c4ccc(Cl)cc4)cn(C)c3=O)ccc21. The largest absolute Gasteiger partial charge is 0.378 e. The fourth-order valence-electron chi connectivity index (χ4n) is 8.86. The highest BCUT2D eigenvalue weighted by atomic mass is 35.5. The normalized spacial score (nSPS) is 14.2. The van der Waals surface area contributed by atoms with Crippen molar-refractivity contribution in [2.24, 2.45) is 7.05 Å². The van der Waals surface area contributed by atoms with E-state index in [1.165, 1.54) is 0 Å². The highest BCUT2D eigenvalue weighted by Gasteiger charge is 2.21. The molecular formula is C49H48Cl2N8O6. The molecule has 0 radical (unpaired) electrons. The van der Waals surface area contributed by atoms with E-state index in [1.54, 1.807) is 60.3 Å². The van der Waals surface area contributed by atoms with Crippen molar-refractivity contribution in [2.75, 3.05) is 62.4 Å². The van der Waals surface area contributed by atoms with Gasteiger partial charge in [0, 0.05) is 103 Å². The average Bonchev–Trinajstić information content (AvgIpc) is 3.86. The van der Waals surface area contributed by atoms with Crippen molar-refractivity contribution < 1.29 is 9.47 Å². The fraction of sp³-hybridized carbons (Fsp3) is 0.265. The van der Waals surface area contributed by atoms with Crippen LogP contribution in [0.15, 0.2) is 129 Å². The van der Waals surface area contributed by atoms with E-state index in [9.17, 15) is 19.2 Å². The number of rotatable bonds is 8. The first-order valence-corrected chi connectivity index (χ1v) is 22.4. The average molecular weight is 916 g/mol. The Hall–Kier alpha value is -6.58. The highest BCUT2D eigenvalue weighted by Crippen LogP contribution is 2.32. The Kier molecular flexibility index (Phi) is 12.4. The first kappa shape index (κ1) is 43.7. The van der Waals surface area contributed by atoms with E-state index in [-0.39, 0.29) is 22.5 Å². The predicted octanol–water partition coefficient (Wildman–Crippen LogP) is 7.33. The lowest BCUT2D eigenvalue weighted by Gasteiger charge is -2.30. The number of fused-ring (bicyclic) bond motifs is 2. The quantitative estimate of drug-likeness (QED) is 0.168. The van der Waals surface area contributed by atoms with Crippen molar-refractivity contribution in [3.05, 3.63) is 161 Å². The summed E-state index contributed by atoms with van der Waals surface area (Å²) in [6.07, 6.45) is 3.53. The van der Waals surface area contributed by atoms with Gasteiger partial charge in [-0.15, -0.1) is 0 Å². The number of hydrogen-bond donors (Lipinski definition) is 1. The molecule has 0 saturated carbocycles. The van der Waals surface area contributed by atoms with Crippen molar-refractivity contribution in [3.8, 4) is 33.9 Å². The number of nitrogens with zero attached hydrogens (tertiary/aromatic N) is 7. The minimum atomic E-state index is -0.231. The molecule has 0 aliphatic carbocycles. The minimum Gasteiger partial charge on any atom is -0.378 e. The minimum absolute atomic E-state index is 0.0297. The number of aryl methyl sites for hydroxylation is 3. The maximum atomic E-state index is 13.1. The smallest absolute Gasteiger partial charge is 0.332 e. The van der Waals surface area contributed by atoms with Crippen LogP contribution in [0.5, 0.6) is 0 Å². The van der Waals surface area contributed by atoms with Crippen LogP contribution in [0.3, 0.4) is 0 Å². The molecule has 334 valence electrons. The van der Waals surface area contributed by atoms with Crippen LogP contribution in [0, 0.1) is 0 Å². The molecule has 0 atom stereocenters. The Balaban J connectivity index is 0.000000164.